The number of likely N-dealkylation sites (N-methyl/N-ethyl adjacent to an activating group) is 1. The molecule has 2 unspecified atom stereocenters. The van der Waals surface area contributed by atoms with Gasteiger partial charge in [-0.25, -0.2) is 4.98 Å². The smallest absolute Gasteiger partial charge is 0.185 e. The number of anilines is 1. The van der Waals surface area contributed by atoms with E-state index in [1.807, 2.05) is 0 Å². The second kappa shape index (κ2) is 5.52. The van der Waals surface area contributed by atoms with Crippen molar-refractivity contribution in [1.82, 2.24) is 9.88 Å². The van der Waals surface area contributed by atoms with Gasteiger partial charge in [0.15, 0.2) is 5.13 Å². The van der Waals surface area contributed by atoms with Crippen molar-refractivity contribution < 1.29 is 5.11 Å². The lowest BCUT2D eigenvalue weighted by molar-refractivity contribution is 0.102. The van der Waals surface area contributed by atoms with E-state index < -0.39 is 0 Å². The Morgan fingerprint density at radius 2 is 2.14 bits per heavy atom. The van der Waals surface area contributed by atoms with Crippen molar-refractivity contribution in [3.63, 3.8) is 0 Å². The van der Waals surface area contributed by atoms with Gasteiger partial charge >= 0.3 is 0 Å². The van der Waals surface area contributed by atoms with Crippen LogP contribution < -0.4 is 4.90 Å². The molecule has 118 valence electrons. The van der Waals surface area contributed by atoms with Gasteiger partial charge in [0.05, 0.1) is 16.7 Å². The fourth-order valence-corrected chi connectivity index (χ4v) is 4.67. The van der Waals surface area contributed by atoms with Crippen LogP contribution in [-0.2, 0) is 6.42 Å². The van der Waals surface area contributed by atoms with Gasteiger partial charge in [-0.05, 0) is 45.2 Å². The molecule has 1 aliphatic carbocycles. The van der Waals surface area contributed by atoms with Crippen LogP contribution in [0.15, 0.2) is 0 Å². The Balaban J connectivity index is 1.81. The van der Waals surface area contributed by atoms with Crippen molar-refractivity contribution in [2.75, 3.05) is 32.1 Å². The average molecular weight is 309 g/mol. The number of aromatic nitrogens is 1. The number of nitrogens with zero attached hydrogens (tertiary/aromatic N) is 3. The van der Waals surface area contributed by atoms with Gasteiger partial charge in [-0.15, -0.1) is 0 Å². The molecule has 0 spiro atoms. The van der Waals surface area contributed by atoms with E-state index in [1.54, 1.807) is 11.3 Å². The van der Waals surface area contributed by atoms with E-state index in [2.05, 4.69) is 37.7 Å². The maximum absolute atomic E-state index is 10.4. The van der Waals surface area contributed by atoms with Crippen LogP contribution >= 0.6 is 11.3 Å². The van der Waals surface area contributed by atoms with Crippen molar-refractivity contribution in [2.24, 2.45) is 5.41 Å². The van der Waals surface area contributed by atoms with Gasteiger partial charge in [0.2, 0.25) is 0 Å². The molecule has 2 heterocycles. The van der Waals surface area contributed by atoms with Gasteiger partial charge in [0.25, 0.3) is 0 Å². The molecule has 0 radical (unpaired) electrons. The Labute approximate surface area is 131 Å². The number of aliphatic hydroxyl groups is 1. The highest BCUT2D eigenvalue weighted by molar-refractivity contribution is 7.15. The number of aliphatic hydroxyl groups excluding tert-OH is 1. The van der Waals surface area contributed by atoms with Crippen LogP contribution in [0.4, 0.5) is 5.13 Å². The molecule has 1 aromatic heterocycles. The lowest BCUT2D eigenvalue weighted by Gasteiger charge is -2.35. The first-order valence-corrected chi connectivity index (χ1v) is 8.76. The Morgan fingerprint density at radius 1 is 1.38 bits per heavy atom. The summed E-state index contributed by atoms with van der Waals surface area (Å²) in [6, 6.07) is 0.612. The van der Waals surface area contributed by atoms with Crippen molar-refractivity contribution >= 4 is 16.5 Å². The third kappa shape index (κ3) is 3.10. The molecule has 21 heavy (non-hydrogen) atoms. The standard InChI is InChI=1S/C16H27N3OS/c1-16(2)8-12-14(13(20)9-16)21-15(17-12)19-7-5-6-11(10-19)18(3)4/h11,13,20H,5-10H2,1-4H3. The Morgan fingerprint density at radius 3 is 2.86 bits per heavy atom. The van der Waals surface area contributed by atoms with Crippen molar-refractivity contribution in [2.45, 2.75) is 51.7 Å². The van der Waals surface area contributed by atoms with Gasteiger partial charge in [-0.3, -0.25) is 0 Å². The molecule has 1 N–H and O–H groups in total. The number of thiazole rings is 1. The maximum Gasteiger partial charge on any atom is 0.185 e. The molecule has 0 aromatic carbocycles. The minimum absolute atomic E-state index is 0.159. The summed E-state index contributed by atoms with van der Waals surface area (Å²) >= 11 is 1.71. The molecule has 2 aliphatic rings. The second-order valence-electron chi connectivity index (χ2n) is 7.57. The van der Waals surface area contributed by atoms with Crippen LogP contribution in [0.3, 0.4) is 0 Å². The third-order valence-electron chi connectivity index (χ3n) is 4.81. The quantitative estimate of drug-likeness (QED) is 0.912. The predicted octanol–water partition coefficient (Wildman–Crippen LogP) is 2.68. The zero-order chi connectivity index (χ0) is 15.2. The summed E-state index contributed by atoms with van der Waals surface area (Å²) in [6.45, 7) is 6.59. The molecule has 1 aromatic rings. The van der Waals surface area contributed by atoms with Gasteiger partial charge in [0.1, 0.15) is 0 Å². The normalized spacial score (nSPS) is 28.8. The largest absolute Gasteiger partial charge is 0.387 e. The van der Waals surface area contributed by atoms with Gasteiger partial charge < -0.3 is 14.9 Å². The minimum Gasteiger partial charge on any atom is -0.387 e. The zero-order valence-corrected chi connectivity index (χ0v) is 14.4. The first-order valence-electron chi connectivity index (χ1n) is 7.95. The van der Waals surface area contributed by atoms with Gasteiger partial charge in [0, 0.05) is 19.1 Å². The maximum atomic E-state index is 10.4. The molecule has 0 saturated carbocycles. The lowest BCUT2D eigenvalue weighted by atomic mass is 9.77. The Bertz CT molecular complexity index is 512. The van der Waals surface area contributed by atoms with E-state index >= 15 is 0 Å². The number of hydrogen-bond acceptors (Lipinski definition) is 5. The van der Waals surface area contributed by atoms with E-state index in [4.69, 9.17) is 4.98 Å². The summed E-state index contributed by atoms with van der Waals surface area (Å²) in [7, 11) is 4.32. The van der Waals surface area contributed by atoms with E-state index in [-0.39, 0.29) is 11.5 Å². The molecule has 1 saturated heterocycles. The van der Waals surface area contributed by atoms with Crippen LogP contribution in [0.5, 0.6) is 0 Å². The highest BCUT2D eigenvalue weighted by Crippen LogP contribution is 2.44. The number of piperidine rings is 1. The molecule has 1 aliphatic heterocycles. The SMILES string of the molecule is CN(C)C1CCCN(c2nc3c(s2)C(O)CC(C)(C)C3)C1. The molecule has 3 rings (SSSR count). The molecule has 0 bridgehead atoms. The van der Waals surface area contributed by atoms with Crippen LogP contribution in [-0.4, -0.2) is 48.2 Å². The van der Waals surface area contributed by atoms with Crippen LogP contribution in [0.1, 0.15) is 49.8 Å². The number of fused-ring (bicyclic) bond motifs is 1. The number of hydrogen-bond donors (Lipinski definition) is 1. The van der Waals surface area contributed by atoms with E-state index in [0.717, 1.165) is 41.6 Å². The van der Waals surface area contributed by atoms with Crippen molar-refractivity contribution in [3.8, 4) is 0 Å². The minimum atomic E-state index is -0.329. The summed E-state index contributed by atoms with van der Waals surface area (Å²) in [5.74, 6) is 0. The average Bonchev–Trinajstić information content (AvgIpc) is 2.81. The molecule has 0 amide bonds. The summed E-state index contributed by atoms with van der Waals surface area (Å²) in [5, 5.41) is 11.5. The molecule has 2 atom stereocenters. The topological polar surface area (TPSA) is 39.6 Å². The molecule has 5 heteroatoms. The predicted molar refractivity (Wildman–Crippen MR) is 88.1 cm³/mol. The monoisotopic (exact) mass is 309 g/mol. The van der Waals surface area contributed by atoms with Gasteiger partial charge in [-0.2, -0.15) is 0 Å². The van der Waals surface area contributed by atoms with E-state index in [1.165, 1.54) is 12.8 Å². The number of rotatable bonds is 2. The Kier molecular flexibility index (Phi) is 4.01. The summed E-state index contributed by atoms with van der Waals surface area (Å²) in [6.07, 6.45) is 4.00. The van der Waals surface area contributed by atoms with Crippen molar-refractivity contribution in [3.05, 3.63) is 10.6 Å². The highest BCUT2D eigenvalue weighted by atomic mass is 32.1. The fourth-order valence-electron chi connectivity index (χ4n) is 3.56. The molecule has 1 fully saturated rings. The summed E-state index contributed by atoms with van der Waals surface area (Å²) < 4.78 is 0. The third-order valence-corrected chi connectivity index (χ3v) is 6.07. The summed E-state index contributed by atoms with van der Waals surface area (Å²) in [5.41, 5.74) is 1.29. The fraction of sp³-hybridized carbons (Fsp3) is 0.812. The van der Waals surface area contributed by atoms with Crippen LogP contribution in [0.2, 0.25) is 0 Å². The first-order chi connectivity index (χ1) is 9.85. The Hall–Kier alpha value is -0.650. The van der Waals surface area contributed by atoms with Crippen molar-refractivity contribution in [1.29, 1.82) is 0 Å². The van der Waals surface area contributed by atoms with Crippen LogP contribution in [0.25, 0.3) is 0 Å². The summed E-state index contributed by atoms with van der Waals surface area (Å²) in [4.78, 5) is 10.7. The first kappa shape index (κ1) is 15.3. The highest BCUT2D eigenvalue weighted by Gasteiger charge is 2.35. The molecule has 4 nitrogen and oxygen atoms in total. The molecular weight excluding hydrogens is 282 g/mol. The van der Waals surface area contributed by atoms with E-state index in [9.17, 15) is 5.11 Å². The molecular formula is C16H27N3OS. The van der Waals surface area contributed by atoms with E-state index in [0.29, 0.717) is 6.04 Å². The van der Waals surface area contributed by atoms with Gasteiger partial charge in [-0.1, -0.05) is 25.2 Å². The van der Waals surface area contributed by atoms with Crippen LogP contribution in [0, 0.1) is 5.41 Å². The second-order valence-corrected chi connectivity index (χ2v) is 8.58. The lowest BCUT2D eigenvalue weighted by Crippen LogP contribution is -2.45. The zero-order valence-electron chi connectivity index (χ0n) is 13.6.